The second-order valence-electron chi connectivity index (χ2n) is 4.77. The standard InChI is InChI=1S/C17H18BrFO2/c1-2-21-17(12-7-4-3-5-8-12)15(20)11-13-9-6-10-14(19)16(13)18/h3-10,15,17,20H,2,11H2,1H3. The number of benzene rings is 2. The van der Waals surface area contributed by atoms with Crippen molar-refractivity contribution in [3.63, 3.8) is 0 Å². The van der Waals surface area contributed by atoms with Gasteiger partial charge in [-0.3, -0.25) is 0 Å². The highest BCUT2D eigenvalue weighted by atomic mass is 79.9. The molecule has 0 aliphatic carbocycles. The van der Waals surface area contributed by atoms with E-state index in [1.54, 1.807) is 12.1 Å². The molecule has 0 amide bonds. The zero-order valence-electron chi connectivity index (χ0n) is 11.8. The molecule has 0 aliphatic rings. The maximum atomic E-state index is 13.5. The van der Waals surface area contributed by atoms with E-state index in [9.17, 15) is 9.50 Å². The monoisotopic (exact) mass is 352 g/mol. The average Bonchev–Trinajstić information content (AvgIpc) is 2.50. The topological polar surface area (TPSA) is 29.5 Å². The van der Waals surface area contributed by atoms with E-state index in [1.807, 2.05) is 37.3 Å². The zero-order chi connectivity index (χ0) is 15.2. The Labute approximate surface area is 132 Å². The number of halogens is 2. The summed E-state index contributed by atoms with van der Waals surface area (Å²) in [5.74, 6) is -0.327. The fourth-order valence-corrected chi connectivity index (χ4v) is 2.72. The summed E-state index contributed by atoms with van der Waals surface area (Å²) in [5.41, 5.74) is 1.64. The van der Waals surface area contributed by atoms with Gasteiger partial charge < -0.3 is 9.84 Å². The molecule has 4 heteroatoms. The molecule has 1 N–H and O–H groups in total. The highest BCUT2D eigenvalue weighted by Crippen LogP contribution is 2.27. The van der Waals surface area contributed by atoms with Crippen LogP contribution in [0.3, 0.4) is 0 Å². The van der Waals surface area contributed by atoms with Crippen LogP contribution in [0.2, 0.25) is 0 Å². The van der Waals surface area contributed by atoms with Crippen molar-refractivity contribution in [3.05, 3.63) is 69.9 Å². The Morgan fingerprint density at radius 3 is 2.52 bits per heavy atom. The molecule has 2 aromatic rings. The van der Waals surface area contributed by atoms with E-state index < -0.39 is 12.2 Å². The second kappa shape index (κ2) is 7.69. The number of rotatable bonds is 6. The average molecular weight is 353 g/mol. The molecule has 0 saturated heterocycles. The smallest absolute Gasteiger partial charge is 0.137 e. The summed E-state index contributed by atoms with van der Waals surface area (Å²) in [6, 6.07) is 14.4. The van der Waals surface area contributed by atoms with Crippen LogP contribution in [0.5, 0.6) is 0 Å². The Morgan fingerprint density at radius 1 is 1.14 bits per heavy atom. The lowest BCUT2D eigenvalue weighted by Gasteiger charge is -2.24. The third kappa shape index (κ3) is 4.13. The van der Waals surface area contributed by atoms with Crippen molar-refractivity contribution in [2.75, 3.05) is 6.61 Å². The third-order valence-corrected chi connectivity index (χ3v) is 4.17. The van der Waals surface area contributed by atoms with Gasteiger partial charge in [-0.1, -0.05) is 42.5 Å². The zero-order valence-corrected chi connectivity index (χ0v) is 13.4. The molecule has 21 heavy (non-hydrogen) atoms. The second-order valence-corrected chi connectivity index (χ2v) is 5.56. The van der Waals surface area contributed by atoms with Crippen LogP contribution in [0.25, 0.3) is 0 Å². The largest absolute Gasteiger partial charge is 0.390 e. The van der Waals surface area contributed by atoms with Gasteiger partial charge in [0.1, 0.15) is 11.9 Å². The summed E-state index contributed by atoms with van der Waals surface area (Å²) in [7, 11) is 0. The van der Waals surface area contributed by atoms with Crippen molar-refractivity contribution in [2.45, 2.75) is 25.6 Å². The van der Waals surface area contributed by atoms with Gasteiger partial charge in [0.05, 0.1) is 10.6 Å². The first-order valence-corrected chi connectivity index (χ1v) is 7.70. The lowest BCUT2D eigenvalue weighted by molar-refractivity contribution is -0.0340. The Kier molecular flexibility index (Phi) is 5.91. The van der Waals surface area contributed by atoms with Crippen LogP contribution < -0.4 is 0 Å². The minimum Gasteiger partial charge on any atom is -0.390 e. The van der Waals surface area contributed by atoms with Gasteiger partial charge in [-0.15, -0.1) is 0 Å². The summed E-state index contributed by atoms with van der Waals surface area (Å²) in [6.07, 6.45) is -0.852. The summed E-state index contributed by atoms with van der Waals surface area (Å²) < 4.78 is 19.6. The molecule has 0 saturated carbocycles. The molecule has 0 aliphatic heterocycles. The molecule has 0 spiro atoms. The van der Waals surface area contributed by atoms with Crippen molar-refractivity contribution < 1.29 is 14.2 Å². The Hall–Kier alpha value is -1.23. The number of hydrogen-bond acceptors (Lipinski definition) is 2. The predicted octanol–water partition coefficient (Wildman–Crippen LogP) is 4.27. The molecule has 112 valence electrons. The molecule has 2 rings (SSSR count). The van der Waals surface area contributed by atoms with Crippen LogP contribution >= 0.6 is 15.9 Å². The van der Waals surface area contributed by atoms with Crippen molar-refractivity contribution in [1.29, 1.82) is 0 Å². The molecule has 0 aromatic heterocycles. The molecule has 0 bridgehead atoms. The highest BCUT2D eigenvalue weighted by Gasteiger charge is 2.23. The quantitative estimate of drug-likeness (QED) is 0.841. The highest BCUT2D eigenvalue weighted by molar-refractivity contribution is 9.10. The minimum absolute atomic E-state index is 0.317. The normalized spacial score (nSPS) is 13.9. The van der Waals surface area contributed by atoms with Crippen molar-refractivity contribution in [2.24, 2.45) is 0 Å². The molecule has 2 unspecified atom stereocenters. The van der Waals surface area contributed by atoms with E-state index in [-0.39, 0.29) is 5.82 Å². The number of ether oxygens (including phenoxy) is 1. The first kappa shape index (κ1) is 16.1. The van der Waals surface area contributed by atoms with Crippen molar-refractivity contribution in [3.8, 4) is 0 Å². The molecule has 0 heterocycles. The molecule has 2 aromatic carbocycles. The SMILES string of the molecule is CCOC(c1ccccc1)C(O)Cc1cccc(F)c1Br. The Bertz CT molecular complexity index is 574. The molecule has 2 nitrogen and oxygen atoms in total. The third-order valence-electron chi connectivity index (χ3n) is 3.28. The maximum Gasteiger partial charge on any atom is 0.137 e. The van der Waals surface area contributed by atoms with Gasteiger partial charge in [0.15, 0.2) is 0 Å². The van der Waals surface area contributed by atoms with Crippen LogP contribution in [-0.4, -0.2) is 17.8 Å². The maximum absolute atomic E-state index is 13.5. The van der Waals surface area contributed by atoms with Gasteiger partial charge >= 0.3 is 0 Å². The van der Waals surface area contributed by atoms with E-state index in [4.69, 9.17) is 4.74 Å². The lowest BCUT2D eigenvalue weighted by atomic mass is 9.98. The van der Waals surface area contributed by atoms with Crippen LogP contribution in [-0.2, 0) is 11.2 Å². The van der Waals surface area contributed by atoms with Gasteiger partial charge in [-0.05, 0) is 40.0 Å². The molecule has 0 radical (unpaired) electrons. The molecular formula is C17H18BrFO2. The van der Waals surface area contributed by atoms with Crippen molar-refractivity contribution in [1.82, 2.24) is 0 Å². The Balaban J connectivity index is 2.19. The first-order chi connectivity index (χ1) is 10.1. The van der Waals surface area contributed by atoms with Gasteiger partial charge in [0, 0.05) is 13.0 Å². The summed E-state index contributed by atoms with van der Waals surface area (Å²) in [6.45, 7) is 2.39. The number of hydrogen-bond donors (Lipinski definition) is 1. The fourth-order valence-electron chi connectivity index (χ4n) is 2.29. The molecule has 0 fully saturated rings. The van der Waals surface area contributed by atoms with Crippen LogP contribution in [0.1, 0.15) is 24.2 Å². The first-order valence-electron chi connectivity index (χ1n) is 6.91. The van der Waals surface area contributed by atoms with Crippen LogP contribution in [0.4, 0.5) is 4.39 Å². The van der Waals surface area contributed by atoms with Gasteiger partial charge in [0.2, 0.25) is 0 Å². The number of aliphatic hydroxyl groups is 1. The predicted molar refractivity (Wildman–Crippen MR) is 84.6 cm³/mol. The number of aliphatic hydroxyl groups excluding tert-OH is 1. The fraction of sp³-hybridized carbons (Fsp3) is 0.294. The van der Waals surface area contributed by atoms with Crippen LogP contribution in [0.15, 0.2) is 53.0 Å². The Morgan fingerprint density at radius 2 is 1.86 bits per heavy atom. The summed E-state index contributed by atoms with van der Waals surface area (Å²) in [5, 5.41) is 10.5. The molecule has 2 atom stereocenters. The lowest BCUT2D eigenvalue weighted by Crippen LogP contribution is -2.24. The minimum atomic E-state index is -0.745. The van der Waals surface area contributed by atoms with E-state index in [0.717, 1.165) is 11.1 Å². The van der Waals surface area contributed by atoms with Crippen LogP contribution in [0, 0.1) is 5.82 Å². The van der Waals surface area contributed by atoms with E-state index in [1.165, 1.54) is 6.07 Å². The van der Waals surface area contributed by atoms with Gasteiger partial charge in [-0.2, -0.15) is 0 Å². The van der Waals surface area contributed by atoms with Crippen molar-refractivity contribution >= 4 is 15.9 Å². The van der Waals surface area contributed by atoms with Gasteiger partial charge in [-0.25, -0.2) is 4.39 Å². The molecular weight excluding hydrogens is 335 g/mol. The van der Waals surface area contributed by atoms with E-state index >= 15 is 0 Å². The van der Waals surface area contributed by atoms with E-state index in [2.05, 4.69) is 15.9 Å². The summed E-state index contributed by atoms with van der Waals surface area (Å²) >= 11 is 3.23. The summed E-state index contributed by atoms with van der Waals surface area (Å²) in [4.78, 5) is 0. The van der Waals surface area contributed by atoms with Gasteiger partial charge in [0.25, 0.3) is 0 Å². The van der Waals surface area contributed by atoms with E-state index in [0.29, 0.717) is 17.5 Å².